The zero-order chi connectivity index (χ0) is 10.4. The first-order valence-corrected chi connectivity index (χ1v) is 5.33. The summed E-state index contributed by atoms with van der Waals surface area (Å²) in [5.41, 5.74) is 0. The number of carbonyl (C=O) groups excluding carboxylic acids is 1. The molecule has 2 N–H and O–H groups in total. The number of piperidine rings is 1. The second-order valence-corrected chi connectivity index (χ2v) is 4.19. The van der Waals surface area contributed by atoms with Gasteiger partial charge in [0.1, 0.15) is 0 Å². The lowest BCUT2D eigenvalue weighted by Gasteiger charge is -2.23. The van der Waals surface area contributed by atoms with Crippen molar-refractivity contribution in [2.24, 2.45) is 0 Å². The maximum absolute atomic E-state index is 11.3. The zero-order valence-electron chi connectivity index (χ0n) is 9.18. The maximum atomic E-state index is 11.3. The number of hydrogen-bond donors (Lipinski definition) is 2. The average molecular weight is 199 g/mol. The SMILES string of the molecule is CN(C)CC(=O)NCC1CCCCN1. The van der Waals surface area contributed by atoms with Gasteiger partial charge >= 0.3 is 0 Å². The van der Waals surface area contributed by atoms with Crippen LogP contribution in [0, 0.1) is 0 Å². The molecule has 0 aromatic heterocycles. The van der Waals surface area contributed by atoms with Crippen molar-refractivity contribution in [3.63, 3.8) is 0 Å². The maximum Gasteiger partial charge on any atom is 0.234 e. The van der Waals surface area contributed by atoms with Gasteiger partial charge in [-0.2, -0.15) is 0 Å². The van der Waals surface area contributed by atoms with Crippen LogP contribution in [0.25, 0.3) is 0 Å². The molecule has 82 valence electrons. The lowest BCUT2D eigenvalue weighted by atomic mass is 10.1. The number of nitrogens with one attached hydrogen (secondary N) is 2. The normalized spacial score (nSPS) is 22.4. The van der Waals surface area contributed by atoms with E-state index in [0.717, 1.165) is 13.1 Å². The highest BCUT2D eigenvalue weighted by molar-refractivity contribution is 5.77. The topological polar surface area (TPSA) is 44.4 Å². The van der Waals surface area contributed by atoms with E-state index in [2.05, 4.69) is 10.6 Å². The Hall–Kier alpha value is -0.610. The van der Waals surface area contributed by atoms with Gasteiger partial charge < -0.3 is 15.5 Å². The van der Waals surface area contributed by atoms with E-state index in [1.165, 1.54) is 19.3 Å². The van der Waals surface area contributed by atoms with E-state index >= 15 is 0 Å². The first kappa shape index (κ1) is 11.5. The van der Waals surface area contributed by atoms with Crippen molar-refractivity contribution in [2.75, 3.05) is 33.7 Å². The number of nitrogens with zero attached hydrogens (tertiary/aromatic N) is 1. The lowest BCUT2D eigenvalue weighted by molar-refractivity contribution is -0.121. The highest BCUT2D eigenvalue weighted by Gasteiger charge is 2.13. The van der Waals surface area contributed by atoms with Crippen molar-refractivity contribution in [3.8, 4) is 0 Å². The summed E-state index contributed by atoms with van der Waals surface area (Å²) >= 11 is 0. The van der Waals surface area contributed by atoms with Crippen LogP contribution >= 0.6 is 0 Å². The first-order chi connectivity index (χ1) is 6.68. The van der Waals surface area contributed by atoms with Gasteiger partial charge in [-0.3, -0.25) is 4.79 Å². The fourth-order valence-corrected chi connectivity index (χ4v) is 1.68. The predicted octanol–water partition coefficient (Wildman–Crippen LogP) is -0.194. The van der Waals surface area contributed by atoms with E-state index in [1.54, 1.807) is 0 Å². The van der Waals surface area contributed by atoms with E-state index in [9.17, 15) is 4.79 Å². The van der Waals surface area contributed by atoms with Crippen LogP contribution in [0.5, 0.6) is 0 Å². The fraction of sp³-hybridized carbons (Fsp3) is 0.900. The molecular formula is C10H21N3O. The van der Waals surface area contributed by atoms with E-state index in [0.29, 0.717) is 12.6 Å². The van der Waals surface area contributed by atoms with Gasteiger partial charge in [-0.05, 0) is 33.5 Å². The minimum absolute atomic E-state index is 0.113. The monoisotopic (exact) mass is 199 g/mol. The highest BCUT2D eigenvalue weighted by Crippen LogP contribution is 2.05. The Labute approximate surface area is 86.0 Å². The molecule has 4 nitrogen and oxygen atoms in total. The summed E-state index contributed by atoms with van der Waals surface area (Å²) in [6, 6.07) is 0.481. The quantitative estimate of drug-likeness (QED) is 0.659. The van der Waals surface area contributed by atoms with Crippen LogP contribution in [-0.4, -0.2) is 50.6 Å². The van der Waals surface area contributed by atoms with Crippen LogP contribution in [-0.2, 0) is 4.79 Å². The Bertz CT molecular complexity index is 176. The van der Waals surface area contributed by atoms with Crippen LogP contribution in [0.4, 0.5) is 0 Å². The Balaban J connectivity index is 2.09. The Morgan fingerprint density at radius 2 is 2.29 bits per heavy atom. The van der Waals surface area contributed by atoms with E-state index in [-0.39, 0.29) is 5.91 Å². The molecule has 1 amide bonds. The van der Waals surface area contributed by atoms with Crippen molar-refractivity contribution < 1.29 is 4.79 Å². The van der Waals surface area contributed by atoms with Crippen molar-refractivity contribution in [3.05, 3.63) is 0 Å². The zero-order valence-corrected chi connectivity index (χ0v) is 9.18. The molecular weight excluding hydrogens is 178 g/mol. The van der Waals surface area contributed by atoms with Gasteiger partial charge in [0.05, 0.1) is 6.54 Å². The van der Waals surface area contributed by atoms with Gasteiger partial charge in [-0.25, -0.2) is 0 Å². The number of amides is 1. The van der Waals surface area contributed by atoms with Gasteiger partial charge in [-0.1, -0.05) is 6.42 Å². The predicted molar refractivity (Wildman–Crippen MR) is 57.2 cm³/mol. The molecule has 0 aromatic rings. The summed E-state index contributed by atoms with van der Waals surface area (Å²) in [5.74, 6) is 0.113. The second kappa shape index (κ2) is 5.98. The van der Waals surface area contributed by atoms with Gasteiger partial charge in [0.2, 0.25) is 5.91 Å². The second-order valence-electron chi connectivity index (χ2n) is 4.19. The van der Waals surface area contributed by atoms with Crippen LogP contribution in [0.3, 0.4) is 0 Å². The van der Waals surface area contributed by atoms with Crippen LogP contribution in [0.1, 0.15) is 19.3 Å². The third kappa shape index (κ3) is 4.58. The highest BCUT2D eigenvalue weighted by atomic mass is 16.2. The minimum atomic E-state index is 0.113. The number of rotatable bonds is 4. The van der Waals surface area contributed by atoms with Crippen molar-refractivity contribution in [1.82, 2.24) is 15.5 Å². The van der Waals surface area contributed by atoms with Crippen molar-refractivity contribution >= 4 is 5.91 Å². The van der Waals surface area contributed by atoms with Gasteiger partial charge in [-0.15, -0.1) is 0 Å². The summed E-state index contributed by atoms with van der Waals surface area (Å²) in [6.07, 6.45) is 3.73. The van der Waals surface area contributed by atoms with Crippen LogP contribution < -0.4 is 10.6 Å². The van der Waals surface area contributed by atoms with Crippen LogP contribution in [0.2, 0.25) is 0 Å². The summed E-state index contributed by atoms with van der Waals surface area (Å²) in [4.78, 5) is 13.2. The molecule has 0 radical (unpaired) electrons. The Morgan fingerprint density at radius 3 is 2.86 bits per heavy atom. The largest absolute Gasteiger partial charge is 0.353 e. The summed E-state index contributed by atoms with van der Waals surface area (Å²) in [6.45, 7) is 2.34. The number of likely N-dealkylation sites (N-methyl/N-ethyl adjacent to an activating group) is 1. The van der Waals surface area contributed by atoms with Gasteiger partial charge in [0.25, 0.3) is 0 Å². The van der Waals surface area contributed by atoms with Gasteiger partial charge in [0.15, 0.2) is 0 Å². The standard InChI is InChI=1S/C10H21N3O/c1-13(2)8-10(14)12-7-9-5-3-4-6-11-9/h9,11H,3-8H2,1-2H3,(H,12,14). The molecule has 4 heteroatoms. The average Bonchev–Trinajstić information content (AvgIpc) is 2.15. The lowest BCUT2D eigenvalue weighted by Crippen LogP contribution is -2.45. The molecule has 1 atom stereocenters. The smallest absolute Gasteiger partial charge is 0.234 e. The molecule has 0 spiro atoms. The molecule has 1 fully saturated rings. The molecule has 0 aromatic carbocycles. The van der Waals surface area contributed by atoms with Gasteiger partial charge in [0, 0.05) is 12.6 Å². The van der Waals surface area contributed by atoms with Crippen molar-refractivity contribution in [1.29, 1.82) is 0 Å². The number of hydrogen-bond acceptors (Lipinski definition) is 3. The fourth-order valence-electron chi connectivity index (χ4n) is 1.68. The Morgan fingerprint density at radius 1 is 1.50 bits per heavy atom. The number of carbonyl (C=O) groups is 1. The molecule has 1 aliphatic rings. The van der Waals surface area contributed by atoms with E-state index in [1.807, 2.05) is 19.0 Å². The molecule has 14 heavy (non-hydrogen) atoms. The minimum Gasteiger partial charge on any atom is -0.353 e. The van der Waals surface area contributed by atoms with Crippen LogP contribution in [0.15, 0.2) is 0 Å². The summed E-state index contributed by atoms with van der Waals surface area (Å²) in [7, 11) is 3.80. The Kier molecular flexibility index (Phi) is 4.90. The molecule has 0 aliphatic carbocycles. The van der Waals surface area contributed by atoms with E-state index < -0.39 is 0 Å². The molecule has 1 heterocycles. The summed E-state index contributed by atoms with van der Waals surface area (Å²) < 4.78 is 0. The molecule has 1 unspecified atom stereocenters. The third-order valence-corrected chi connectivity index (χ3v) is 2.42. The molecule has 1 rings (SSSR count). The molecule has 0 saturated carbocycles. The molecule has 1 aliphatic heterocycles. The first-order valence-electron chi connectivity index (χ1n) is 5.33. The molecule has 1 saturated heterocycles. The molecule has 0 bridgehead atoms. The third-order valence-electron chi connectivity index (χ3n) is 2.42. The van der Waals surface area contributed by atoms with E-state index in [4.69, 9.17) is 0 Å². The van der Waals surface area contributed by atoms with Crippen molar-refractivity contribution in [2.45, 2.75) is 25.3 Å². The summed E-state index contributed by atoms with van der Waals surface area (Å²) in [5, 5.41) is 6.34.